The maximum Gasteiger partial charge on any atom is 0.140 e. The van der Waals surface area contributed by atoms with E-state index in [4.69, 9.17) is 4.74 Å². The van der Waals surface area contributed by atoms with Gasteiger partial charge < -0.3 is 4.74 Å². The number of nitrogens with zero attached hydrogens (tertiary/aromatic N) is 1. The highest BCUT2D eigenvalue weighted by atomic mass is 16.5. The fraction of sp³-hybridized carbons (Fsp3) is 0.435. The van der Waals surface area contributed by atoms with E-state index in [9.17, 15) is 4.79 Å². The molecule has 3 nitrogen and oxygen atoms in total. The number of likely N-dealkylation sites (tertiary alicyclic amines) is 1. The SMILES string of the molecule is CC(=O)Cc1cccc(O[C@H]2c3ccccc3C[C@@H]2N2CCCCC2)c1. The summed E-state index contributed by atoms with van der Waals surface area (Å²) in [5.41, 5.74) is 3.75. The Kier molecular flexibility index (Phi) is 5.07. The van der Waals surface area contributed by atoms with Crippen molar-refractivity contribution < 1.29 is 9.53 Å². The normalized spacial score (nSPS) is 22.8. The van der Waals surface area contributed by atoms with Crippen LogP contribution >= 0.6 is 0 Å². The number of rotatable bonds is 5. The van der Waals surface area contributed by atoms with E-state index in [0.29, 0.717) is 12.5 Å². The maximum atomic E-state index is 11.4. The first kappa shape index (κ1) is 17.3. The summed E-state index contributed by atoms with van der Waals surface area (Å²) in [7, 11) is 0. The molecule has 0 radical (unpaired) electrons. The van der Waals surface area contributed by atoms with Crippen molar-refractivity contribution in [3.8, 4) is 5.75 Å². The number of Topliss-reactive ketones (excluding diaryl/α,β-unsaturated/α-hetero) is 1. The van der Waals surface area contributed by atoms with Crippen LogP contribution < -0.4 is 4.74 Å². The molecule has 0 saturated carbocycles. The van der Waals surface area contributed by atoms with Crippen molar-refractivity contribution >= 4 is 5.78 Å². The van der Waals surface area contributed by atoms with Crippen LogP contribution in [0, 0.1) is 0 Å². The van der Waals surface area contributed by atoms with Gasteiger partial charge in [0, 0.05) is 6.42 Å². The van der Waals surface area contributed by atoms with E-state index in [-0.39, 0.29) is 11.9 Å². The van der Waals surface area contributed by atoms with Gasteiger partial charge in [-0.15, -0.1) is 0 Å². The first-order chi connectivity index (χ1) is 12.7. The van der Waals surface area contributed by atoms with E-state index in [1.54, 1.807) is 6.92 Å². The molecular weight excluding hydrogens is 322 g/mol. The summed E-state index contributed by atoms with van der Waals surface area (Å²) in [5, 5.41) is 0. The quantitative estimate of drug-likeness (QED) is 0.804. The van der Waals surface area contributed by atoms with Crippen molar-refractivity contribution in [2.75, 3.05) is 13.1 Å². The van der Waals surface area contributed by atoms with Crippen molar-refractivity contribution in [1.29, 1.82) is 0 Å². The van der Waals surface area contributed by atoms with Gasteiger partial charge in [-0.3, -0.25) is 9.69 Å². The lowest BCUT2D eigenvalue weighted by atomic mass is 10.0. The van der Waals surface area contributed by atoms with Gasteiger partial charge in [0.15, 0.2) is 0 Å². The van der Waals surface area contributed by atoms with E-state index in [0.717, 1.165) is 17.7 Å². The Bertz CT molecular complexity index is 779. The van der Waals surface area contributed by atoms with Crippen LogP contribution in [0.1, 0.15) is 49.0 Å². The molecule has 1 heterocycles. The number of fused-ring (bicyclic) bond motifs is 1. The molecule has 26 heavy (non-hydrogen) atoms. The minimum absolute atomic E-state index is 0.0666. The lowest BCUT2D eigenvalue weighted by Gasteiger charge is -2.35. The molecule has 0 unspecified atom stereocenters. The van der Waals surface area contributed by atoms with Crippen LogP contribution in [-0.2, 0) is 17.6 Å². The number of piperidine rings is 1. The second-order valence-corrected chi connectivity index (χ2v) is 7.63. The fourth-order valence-electron chi connectivity index (χ4n) is 4.41. The third-order valence-electron chi connectivity index (χ3n) is 5.61. The Morgan fingerprint density at radius 1 is 1.08 bits per heavy atom. The van der Waals surface area contributed by atoms with Crippen LogP contribution in [0.5, 0.6) is 5.75 Å². The largest absolute Gasteiger partial charge is 0.484 e. The van der Waals surface area contributed by atoms with Crippen molar-refractivity contribution in [2.45, 2.75) is 51.2 Å². The van der Waals surface area contributed by atoms with E-state index in [1.165, 1.54) is 43.5 Å². The molecule has 0 aromatic heterocycles. The van der Waals surface area contributed by atoms with Gasteiger partial charge in [-0.25, -0.2) is 0 Å². The van der Waals surface area contributed by atoms with E-state index in [1.807, 2.05) is 24.3 Å². The van der Waals surface area contributed by atoms with E-state index < -0.39 is 0 Å². The molecule has 2 aromatic rings. The average Bonchev–Trinajstić information content (AvgIpc) is 3.01. The summed E-state index contributed by atoms with van der Waals surface area (Å²) in [6.45, 7) is 3.97. The number of carbonyl (C=O) groups is 1. The predicted molar refractivity (Wildman–Crippen MR) is 104 cm³/mol. The minimum atomic E-state index is 0.0666. The first-order valence-corrected chi connectivity index (χ1v) is 9.77. The Morgan fingerprint density at radius 3 is 2.69 bits per heavy atom. The summed E-state index contributed by atoms with van der Waals surface area (Å²) in [5.74, 6) is 1.05. The van der Waals surface area contributed by atoms with Crippen LogP contribution in [0.4, 0.5) is 0 Å². The van der Waals surface area contributed by atoms with Crippen molar-refractivity contribution in [3.05, 3.63) is 65.2 Å². The van der Waals surface area contributed by atoms with Crippen LogP contribution in [-0.4, -0.2) is 29.8 Å². The van der Waals surface area contributed by atoms with Crippen LogP contribution in [0.3, 0.4) is 0 Å². The van der Waals surface area contributed by atoms with Crippen molar-refractivity contribution in [2.24, 2.45) is 0 Å². The molecule has 1 fully saturated rings. The number of carbonyl (C=O) groups excluding carboxylic acids is 1. The van der Waals surface area contributed by atoms with Gasteiger partial charge in [0.05, 0.1) is 6.04 Å². The summed E-state index contributed by atoms with van der Waals surface area (Å²) in [4.78, 5) is 14.1. The molecule has 2 atom stereocenters. The van der Waals surface area contributed by atoms with Crippen molar-refractivity contribution in [1.82, 2.24) is 4.90 Å². The zero-order chi connectivity index (χ0) is 17.9. The molecule has 0 bridgehead atoms. The molecule has 1 saturated heterocycles. The van der Waals surface area contributed by atoms with E-state index in [2.05, 4.69) is 29.2 Å². The molecule has 2 aromatic carbocycles. The van der Waals surface area contributed by atoms with Crippen LogP contribution in [0.25, 0.3) is 0 Å². The molecule has 2 aliphatic rings. The third-order valence-corrected chi connectivity index (χ3v) is 5.61. The molecule has 0 N–H and O–H groups in total. The molecule has 136 valence electrons. The monoisotopic (exact) mass is 349 g/mol. The topological polar surface area (TPSA) is 29.5 Å². The first-order valence-electron chi connectivity index (χ1n) is 9.77. The zero-order valence-electron chi connectivity index (χ0n) is 15.5. The number of benzene rings is 2. The van der Waals surface area contributed by atoms with Gasteiger partial charge in [-0.2, -0.15) is 0 Å². The number of hydrogen-bond acceptors (Lipinski definition) is 3. The second kappa shape index (κ2) is 7.63. The second-order valence-electron chi connectivity index (χ2n) is 7.63. The minimum Gasteiger partial charge on any atom is -0.484 e. The zero-order valence-corrected chi connectivity index (χ0v) is 15.5. The van der Waals surface area contributed by atoms with Gasteiger partial charge in [0.25, 0.3) is 0 Å². The Hall–Kier alpha value is -2.13. The summed E-state index contributed by atoms with van der Waals surface area (Å²) >= 11 is 0. The van der Waals surface area contributed by atoms with Gasteiger partial charge in [-0.05, 0) is 68.1 Å². The summed E-state index contributed by atoms with van der Waals surface area (Å²) in [6.07, 6.45) is 5.51. The molecule has 4 rings (SSSR count). The van der Waals surface area contributed by atoms with Gasteiger partial charge in [0.2, 0.25) is 0 Å². The number of ketones is 1. The summed E-state index contributed by atoms with van der Waals surface area (Å²) < 4.78 is 6.54. The Balaban J connectivity index is 1.60. The number of hydrogen-bond donors (Lipinski definition) is 0. The molecular formula is C23H27NO2. The Morgan fingerprint density at radius 2 is 1.88 bits per heavy atom. The number of ether oxygens (including phenoxy) is 1. The fourth-order valence-corrected chi connectivity index (χ4v) is 4.41. The van der Waals surface area contributed by atoms with Gasteiger partial charge in [0.1, 0.15) is 17.6 Å². The highest BCUT2D eigenvalue weighted by molar-refractivity contribution is 5.78. The van der Waals surface area contributed by atoms with Gasteiger partial charge in [-0.1, -0.05) is 42.8 Å². The molecule has 0 spiro atoms. The summed E-state index contributed by atoms with van der Waals surface area (Å²) in [6, 6.07) is 17.1. The lowest BCUT2D eigenvalue weighted by Crippen LogP contribution is -2.43. The molecule has 1 aliphatic carbocycles. The van der Waals surface area contributed by atoms with Crippen molar-refractivity contribution in [3.63, 3.8) is 0 Å². The van der Waals surface area contributed by atoms with Crippen LogP contribution in [0.2, 0.25) is 0 Å². The van der Waals surface area contributed by atoms with Gasteiger partial charge >= 0.3 is 0 Å². The molecule has 1 aliphatic heterocycles. The molecule has 0 amide bonds. The highest BCUT2D eigenvalue weighted by Gasteiger charge is 2.38. The lowest BCUT2D eigenvalue weighted by molar-refractivity contribution is -0.116. The standard InChI is InChI=1S/C23H27NO2/c1-17(25)14-18-8-7-10-20(15-18)26-23-21-11-4-3-9-19(21)16-22(23)24-12-5-2-6-13-24/h3-4,7-11,15,22-23H,2,5-6,12-14,16H2,1H3/t22-,23-/m0/s1. The van der Waals surface area contributed by atoms with E-state index >= 15 is 0 Å². The highest BCUT2D eigenvalue weighted by Crippen LogP contribution is 2.39. The predicted octanol–water partition coefficient (Wildman–Crippen LogP) is 4.35. The third kappa shape index (κ3) is 3.68. The Labute approximate surface area is 156 Å². The average molecular weight is 349 g/mol. The molecule has 3 heteroatoms. The van der Waals surface area contributed by atoms with Crippen LogP contribution in [0.15, 0.2) is 48.5 Å². The maximum absolute atomic E-state index is 11.4. The smallest absolute Gasteiger partial charge is 0.140 e.